The Balaban J connectivity index is 1.23. The van der Waals surface area contributed by atoms with Gasteiger partial charge in [-0.1, -0.05) is 30.0 Å². The quantitative estimate of drug-likeness (QED) is 0.475. The minimum absolute atomic E-state index is 0.0582. The van der Waals surface area contributed by atoms with E-state index in [1.807, 2.05) is 6.07 Å². The number of nitrogens with zero attached hydrogens (tertiary/aromatic N) is 6. The molecule has 0 radical (unpaired) electrons. The van der Waals surface area contributed by atoms with E-state index in [1.54, 1.807) is 35.2 Å². The Morgan fingerprint density at radius 3 is 2.57 bits per heavy atom. The van der Waals surface area contributed by atoms with Gasteiger partial charge in [-0.05, 0) is 41.5 Å². The number of pyridine rings is 1. The largest absolute Gasteiger partial charge is 0.481 e. The van der Waals surface area contributed by atoms with Gasteiger partial charge in [0.15, 0.2) is 0 Å². The standard InChI is InChI=1S/C22H23N7O5S/c30-19(31)10-13-29-21(25-26-27-29)35-17-8-11-28(12-9-17)22(33)34-18-7-6-16(14-23-18)24-20(32)15-4-2-1-3-5-15/h1-7,14,17H,8-13H2,(H,24,32)(H,30,31). The number of carboxylic acids is 1. The molecule has 12 nitrogen and oxygen atoms in total. The summed E-state index contributed by atoms with van der Waals surface area (Å²) >= 11 is 1.48. The second-order valence-electron chi connectivity index (χ2n) is 7.71. The molecule has 3 aromatic rings. The van der Waals surface area contributed by atoms with Gasteiger partial charge in [-0.3, -0.25) is 9.59 Å². The molecule has 1 aromatic carbocycles. The fourth-order valence-electron chi connectivity index (χ4n) is 3.39. The Kier molecular flexibility index (Phi) is 7.88. The average Bonchev–Trinajstić information content (AvgIpc) is 3.31. The summed E-state index contributed by atoms with van der Waals surface area (Å²) in [6, 6.07) is 12.0. The molecule has 0 unspecified atom stereocenters. The van der Waals surface area contributed by atoms with Crippen molar-refractivity contribution in [3.63, 3.8) is 0 Å². The second kappa shape index (κ2) is 11.4. The van der Waals surface area contributed by atoms with Crippen molar-refractivity contribution in [2.45, 2.75) is 36.2 Å². The smallest absolute Gasteiger partial charge is 0.416 e. The summed E-state index contributed by atoms with van der Waals surface area (Å²) in [5.41, 5.74) is 1.02. The molecular formula is C22H23N7O5S. The molecule has 13 heteroatoms. The predicted molar refractivity (Wildman–Crippen MR) is 125 cm³/mol. The van der Waals surface area contributed by atoms with Crippen molar-refractivity contribution < 1.29 is 24.2 Å². The van der Waals surface area contributed by atoms with Gasteiger partial charge < -0.3 is 20.1 Å². The van der Waals surface area contributed by atoms with Gasteiger partial charge in [0.1, 0.15) is 0 Å². The molecule has 0 spiro atoms. The van der Waals surface area contributed by atoms with Gasteiger partial charge in [0.25, 0.3) is 5.91 Å². The maximum atomic E-state index is 12.5. The van der Waals surface area contributed by atoms with Crippen LogP contribution < -0.4 is 10.1 Å². The SMILES string of the molecule is O=C(O)CCn1nnnc1SC1CCN(C(=O)Oc2ccc(NC(=O)c3ccccc3)cn2)CC1. The highest BCUT2D eigenvalue weighted by molar-refractivity contribution is 7.99. The van der Waals surface area contributed by atoms with Gasteiger partial charge in [-0.2, -0.15) is 0 Å². The first kappa shape index (κ1) is 24.1. The van der Waals surface area contributed by atoms with E-state index in [-0.39, 0.29) is 30.0 Å². The Morgan fingerprint density at radius 2 is 1.89 bits per heavy atom. The summed E-state index contributed by atoms with van der Waals surface area (Å²) in [6.07, 6.45) is 2.30. The molecule has 4 rings (SSSR count). The van der Waals surface area contributed by atoms with E-state index >= 15 is 0 Å². The lowest BCUT2D eigenvalue weighted by molar-refractivity contribution is -0.137. The molecular weight excluding hydrogens is 474 g/mol. The first-order chi connectivity index (χ1) is 17.0. The summed E-state index contributed by atoms with van der Waals surface area (Å²) in [5.74, 6) is -1.03. The summed E-state index contributed by atoms with van der Waals surface area (Å²) < 4.78 is 6.86. The third-order valence-electron chi connectivity index (χ3n) is 5.23. The summed E-state index contributed by atoms with van der Waals surface area (Å²) in [4.78, 5) is 41.3. The molecule has 0 atom stereocenters. The molecule has 1 aliphatic rings. The lowest BCUT2D eigenvalue weighted by Gasteiger charge is -2.30. The fraction of sp³-hybridized carbons (Fsp3) is 0.318. The molecule has 0 bridgehead atoms. The summed E-state index contributed by atoms with van der Waals surface area (Å²) in [6.45, 7) is 1.20. The van der Waals surface area contributed by atoms with Crippen LogP contribution in [-0.4, -0.2) is 71.5 Å². The van der Waals surface area contributed by atoms with Crippen molar-refractivity contribution in [1.82, 2.24) is 30.1 Å². The van der Waals surface area contributed by atoms with Gasteiger partial charge in [0.2, 0.25) is 11.0 Å². The van der Waals surface area contributed by atoms with Crippen LogP contribution in [0.1, 0.15) is 29.6 Å². The first-order valence-electron chi connectivity index (χ1n) is 10.9. The molecule has 1 saturated heterocycles. The van der Waals surface area contributed by atoms with Crippen LogP contribution in [0.25, 0.3) is 0 Å². The van der Waals surface area contributed by atoms with Crippen LogP contribution in [0.15, 0.2) is 53.8 Å². The molecule has 35 heavy (non-hydrogen) atoms. The van der Waals surface area contributed by atoms with Crippen molar-refractivity contribution in [3.05, 3.63) is 54.2 Å². The molecule has 182 valence electrons. The van der Waals surface area contributed by atoms with Gasteiger partial charge in [-0.25, -0.2) is 14.5 Å². The van der Waals surface area contributed by atoms with Gasteiger partial charge in [-0.15, -0.1) is 5.10 Å². The number of anilines is 1. The van der Waals surface area contributed by atoms with E-state index in [9.17, 15) is 14.4 Å². The monoisotopic (exact) mass is 497 g/mol. The van der Waals surface area contributed by atoms with E-state index in [0.717, 1.165) is 0 Å². The molecule has 1 aliphatic heterocycles. The number of aromatic nitrogens is 5. The molecule has 3 heterocycles. The maximum Gasteiger partial charge on any atom is 0.416 e. The van der Waals surface area contributed by atoms with Gasteiger partial charge in [0.05, 0.1) is 24.8 Å². The molecule has 0 saturated carbocycles. The highest BCUT2D eigenvalue weighted by Gasteiger charge is 2.26. The number of aliphatic carboxylic acids is 1. The number of hydrogen-bond acceptors (Lipinski definition) is 9. The third-order valence-corrected chi connectivity index (χ3v) is 6.54. The van der Waals surface area contributed by atoms with E-state index in [2.05, 4.69) is 25.8 Å². The molecule has 1 fully saturated rings. The van der Waals surface area contributed by atoms with Crippen molar-refractivity contribution in [2.24, 2.45) is 0 Å². The highest BCUT2D eigenvalue weighted by Crippen LogP contribution is 2.29. The van der Waals surface area contributed by atoms with Gasteiger partial charge in [0, 0.05) is 30.0 Å². The molecule has 2 amide bonds. The van der Waals surface area contributed by atoms with E-state index < -0.39 is 12.1 Å². The van der Waals surface area contributed by atoms with E-state index in [4.69, 9.17) is 9.84 Å². The zero-order chi connectivity index (χ0) is 24.6. The Morgan fingerprint density at radius 1 is 1.11 bits per heavy atom. The van der Waals surface area contributed by atoms with Crippen molar-refractivity contribution in [1.29, 1.82) is 0 Å². The molecule has 0 aliphatic carbocycles. The van der Waals surface area contributed by atoms with Crippen LogP contribution in [0.2, 0.25) is 0 Å². The number of amides is 2. The van der Waals surface area contributed by atoms with Crippen LogP contribution >= 0.6 is 11.8 Å². The Labute approximate surface area is 204 Å². The maximum absolute atomic E-state index is 12.5. The minimum Gasteiger partial charge on any atom is -0.481 e. The lowest BCUT2D eigenvalue weighted by atomic mass is 10.1. The number of carboxylic acid groups (broad SMARTS) is 1. The Bertz CT molecular complexity index is 1160. The molecule has 2 aromatic heterocycles. The second-order valence-corrected chi connectivity index (χ2v) is 8.97. The summed E-state index contributed by atoms with van der Waals surface area (Å²) in [7, 11) is 0. The molecule has 2 N–H and O–H groups in total. The number of tetrazole rings is 1. The zero-order valence-electron chi connectivity index (χ0n) is 18.6. The number of aryl methyl sites for hydroxylation is 1. The van der Waals surface area contributed by atoms with E-state index in [0.29, 0.717) is 42.3 Å². The zero-order valence-corrected chi connectivity index (χ0v) is 19.4. The van der Waals surface area contributed by atoms with Crippen molar-refractivity contribution in [3.8, 4) is 5.88 Å². The number of likely N-dealkylation sites (tertiary alicyclic amines) is 1. The van der Waals surface area contributed by atoms with Gasteiger partial charge >= 0.3 is 12.1 Å². The average molecular weight is 498 g/mol. The Hall–Kier alpha value is -4.00. The predicted octanol–water partition coefficient (Wildman–Crippen LogP) is 2.55. The fourth-order valence-corrected chi connectivity index (χ4v) is 4.47. The van der Waals surface area contributed by atoms with Crippen LogP contribution in [0, 0.1) is 0 Å². The van der Waals surface area contributed by atoms with Crippen LogP contribution in [0.4, 0.5) is 10.5 Å². The van der Waals surface area contributed by atoms with Crippen molar-refractivity contribution >= 4 is 35.4 Å². The number of rotatable bonds is 8. The number of thioether (sulfide) groups is 1. The number of benzene rings is 1. The van der Waals surface area contributed by atoms with Crippen LogP contribution in [-0.2, 0) is 11.3 Å². The lowest BCUT2D eigenvalue weighted by Crippen LogP contribution is -2.41. The number of piperidine rings is 1. The van der Waals surface area contributed by atoms with E-state index in [1.165, 1.54) is 28.7 Å². The van der Waals surface area contributed by atoms with Crippen LogP contribution in [0.5, 0.6) is 5.88 Å². The number of nitrogens with one attached hydrogen (secondary N) is 1. The van der Waals surface area contributed by atoms with Crippen molar-refractivity contribution in [2.75, 3.05) is 18.4 Å². The number of carbonyl (C=O) groups is 3. The normalized spacial score (nSPS) is 13.9. The summed E-state index contributed by atoms with van der Waals surface area (Å²) in [5, 5.41) is 23.8. The highest BCUT2D eigenvalue weighted by atomic mass is 32.2. The third kappa shape index (κ3) is 6.76. The minimum atomic E-state index is -0.913. The first-order valence-corrected chi connectivity index (χ1v) is 11.8. The number of ether oxygens (including phenoxy) is 1. The number of carbonyl (C=O) groups excluding carboxylic acids is 2. The topological polar surface area (TPSA) is 152 Å². The van der Waals surface area contributed by atoms with Crippen LogP contribution in [0.3, 0.4) is 0 Å². The number of hydrogen-bond donors (Lipinski definition) is 2.